The Hall–Kier alpha value is -3.98. The highest BCUT2D eigenvalue weighted by Crippen LogP contribution is 2.34. The summed E-state index contributed by atoms with van der Waals surface area (Å²) in [5.74, 6) is -0.343. The van der Waals surface area contributed by atoms with Gasteiger partial charge in [0.1, 0.15) is 11.4 Å². The van der Waals surface area contributed by atoms with Gasteiger partial charge in [-0.15, -0.1) is 0 Å². The van der Waals surface area contributed by atoms with Crippen molar-refractivity contribution in [3.63, 3.8) is 0 Å². The molecule has 2 atom stereocenters. The van der Waals surface area contributed by atoms with Crippen molar-refractivity contribution in [1.82, 2.24) is 5.32 Å². The van der Waals surface area contributed by atoms with Crippen LogP contribution in [0, 0.1) is 23.1 Å². The lowest BCUT2D eigenvalue weighted by atomic mass is 9.85. The molecule has 5 nitrogen and oxygen atoms in total. The van der Waals surface area contributed by atoms with Crippen molar-refractivity contribution in [2.24, 2.45) is 11.1 Å². The van der Waals surface area contributed by atoms with Gasteiger partial charge in [0.15, 0.2) is 0 Å². The van der Waals surface area contributed by atoms with Gasteiger partial charge in [-0.25, -0.2) is 4.39 Å². The van der Waals surface area contributed by atoms with E-state index >= 15 is 0 Å². The van der Waals surface area contributed by atoms with E-state index in [1.807, 2.05) is 38.1 Å². The highest BCUT2D eigenvalue weighted by molar-refractivity contribution is 6.05. The Morgan fingerprint density at radius 3 is 2.43 bits per heavy atom. The number of hydrogen-bond donors (Lipinski definition) is 1. The quantitative estimate of drug-likeness (QED) is 0.454. The van der Waals surface area contributed by atoms with E-state index in [-0.39, 0.29) is 23.7 Å². The van der Waals surface area contributed by atoms with E-state index in [1.54, 1.807) is 30.3 Å². The van der Waals surface area contributed by atoms with E-state index in [9.17, 15) is 14.4 Å². The predicted octanol–water partition coefficient (Wildman–Crippen LogP) is 6.39. The van der Waals surface area contributed by atoms with E-state index in [4.69, 9.17) is 4.84 Å². The lowest BCUT2D eigenvalue weighted by Gasteiger charge is -2.25. The molecule has 4 rings (SSSR count). The molecule has 35 heavy (non-hydrogen) atoms. The van der Waals surface area contributed by atoms with Crippen LogP contribution in [0.5, 0.6) is 0 Å². The molecule has 1 heterocycles. The molecular formula is C29H28FN3O2. The van der Waals surface area contributed by atoms with Gasteiger partial charge in [0, 0.05) is 17.5 Å². The first-order valence-corrected chi connectivity index (χ1v) is 11.7. The average Bonchev–Trinajstić information content (AvgIpc) is 3.27. The van der Waals surface area contributed by atoms with Crippen LogP contribution in [0.25, 0.3) is 11.1 Å². The van der Waals surface area contributed by atoms with Crippen LogP contribution in [-0.2, 0) is 4.84 Å². The van der Waals surface area contributed by atoms with E-state index < -0.39 is 5.60 Å². The molecule has 6 heteroatoms. The van der Waals surface area contributed by atoms with Crippen LogP contribution >= 0.6 is 0 Å². The first-order chi connectivity index (χ1) is 16.7. The van der Waals surface area contributed by atoms with Crippen LogP contribution in [0.1, 0.15) is 67.2 Å². The van der Waals surface area contributed by atoms with Crippen LogP contribution in [0.3, 0.4) is 0 Å². The molecule has 3 aromatic rings. The van der Waals surface area contributed by atoms with Crippen LogP contribution in [-0.4, -0.2) is 17.2 Å². The smallest absolute Gasteiger partial charge is 0.251 e. The molecule has 3 aromatic carbocycles. The van der Waals surface area contributed by atoms with Crippen LogP contribution in [0.15, 0.2) is 71.9 Å². The summed E-state index contributed by atoms with van der Waals surface area (Å²) in [5, 5.41) is 17.0. The summed E-state index contributed by atoms with van der Waals surface area (Å²) in [6, 6.07) is 20.8. The van der Waals surface area contributed by atoms with Crippen LogP contribution in [0.4, 0.5) is 4.39 Å². The molecule has 0 bridgehead atoms. The van der Waals surface area contributed by atoms with Crippen molar-refractivity contribution in [2.75, 3.05) is 0 Å². The third kappa shape index (κ3) is 5.09. The normalized spacial score (nSPS) is 17.9. The molecule has 0 saturated carbocycles. The van der Waals surface area contributed by atoms with Gasteiger partial charge in [0.05, 0.1) is 23.4 Å². The Balaban J connectivity index is 1.72. The number of carbonyl (C=O) groups excluding carboxylic acids is 1. The zero-order valence-electron chi connectivity index (χ0n) is 20.3. The zero-order chi connectivity index (χ0) is 25.2. The predicted molar refractivity (Wildman–Crippen MR) is 134 cm³/mol. The fourth-order valence-corrected chi connectivity index (χ4v) is 4.05. The fraction of sp³-hybridized carbons (Fsp3) is 0.276. The standard InChI is InChI=1S/C29H28FN3O2/c1-18(2)29(4)16-27(33-35-29)23-13-22(26-8-6-5-7-21(26)17-31)14-24(15-23)28(34)32-19(3)20-9-11-25(30)12-10-20/h5-15,18-19H,16H2,1-4H3,(H,32,34). The monoisotopic (exact) mass is 469 g/mol. The van der Waals surface area contributed by atoms with Gasteiger partial charge in [0.25, 0.3) is 5.91 Å². The number of benzene rings is 3. The first kappa shape index (κ1) is 24.2. The number of oxime groups is 1. The molecule has 0 spiro atoms. The van der Waals surface area contributed by atoms with E-state index in [1.165, 1.54) is 12.1 Å². The van der Waals surface area contributed by atoms with E-state index in [0.29, 0.717) is 17.5 Å². The molecule has 1 aliphatic heterocycles. The Kier molecular flexibility index (Phi) is 6.70. The summed E-state index contributed by atoms with van der Waals surface area (Å²) < 4.78 is 13.3. The molecule has 0 aromatic heterocycles. The summed E-state index contributed by atoms with van der Waals surface area (Å²) in [6.07, 6.45) is 0.612. The minimum atomic E-state index is -0.421. The summed E-state index contributed by atoms with van der Waals surface area (Å²) in [4.78, 5) is 19.1. The van der Waals surface area contributed by atoms with Gasteiger partial charge >= 0.3 is 0 Å². The van der Waals surface area contributed by atoms with Gasteiger partial charge in [-0.05, 0) is 72.9 Å². The number of amides is 1. The van der Waals surface area contributed by atoms with Gasteiger partial charge in [-0.1, -0.05) is 49.3 Å². The lowest BCUT2D eigenvalue weighted by Crippen LogP contribution is -2.31. The Morgan fingerprint density at radius 2 is 1.77 bits per heavy atom. The SMILES string of the molecule is CC(NC(=O)c1cc(C2=NOC(C)(C(C)C)C2)cc(-c2ccccc2C#N)c1)c1ccc(F)cc1. The number of carbonyl (C=O) groups is 1. The second kappa shape index (κ2) is 9.71. The Labute approximate surface area is 205 Å². The molecule has 0 radical (unpaired) electrons. The molecule has 0 saturated heterocycles. The number of rotatable bonds is 6. The molecule has 0 aliphatic carbocycles. The average molecular weight is 470 g/mol. The molecule has 0 fully saturated rings. The van der Waals surface area contributed by atoms with Crippen molar-refractivity contribution >= 4 is 11.6 Å². The summed E-state index contributed by atoms with van der Waals surface area (Å²) >= 11 is 0. The minimum absolute atomic E-state index is 0.255. The van der Waals surface area contributed by atoms with Crippen molar-refractivity contribution in [3.05, 3.63) is 94.8 Å². The fourth-order valence-electron chi connectivity index (χ4n) is 4.05. The highest BCUT2D eigenvalue weighted by atomic mass is 19.1. The van der Waals surface area contributed by atoms with Crippen molar-refractivity contribution in [2.45, 2.75) is 45.8 Å². The Morgan fingerprint density at radius 1 is 1.09 bits per heavy atom. The Bertz CT molecular complexity index is 1320. The highest BCUT2D eigenvalue weighted by Gasteiger charge is 2.38. The number of nitrogens with one attached hydrogen (secondary N) is 1. The van der Waals surface area contributed by atoms with Gasteiger partial charge in [-0.3, -0.25) is 4.79 Å². The minimum Gasteiger partial charge on any atom is -0.389 e. The third-order valence-corrected chi connectivity index (χ3v) is 6.71. The molecule has 1 N–H and O–H groups in total. The van der Waals surface area contributed by atoms with Crippen molar-refractivity contribution in [1.29, 1.82) is 5.26 Å². The summed E-state index contributed by atoms with van der Waals surface area (Å²) in [6.45, 7) is 8.06. The molecule has 1 amide bonds. The molecular weight excluding hydrogens is 441 g/mol. The maximum Gasteiger partial charge on any atom is 0.251 e. The first-order valence-electron chi connectivity index (χ1n) is 11.7. The zero-order valence-corrected chi connectivity index (χ0v) is 20.3. The second-order valence-corrected chi connectivity index (χ2v) is 9.48. The number of nitriles is 1. The third-order valence-electron chi connectivity index (χ3n) is 6.71. The maximum absolute atomic E-state index is 13.3. The number of hydrogen-bond acceptors (Lipinski definition) is 4. The van der Waals surface area contributed by atoms with E-state index in [0.717, 1.165) is 28.0 Å². The van der Waals surface area contributed by atoms with Gasteiger partial charge < -0.3 is 10.2 Å². The number of nitrogens with zero attached hydrogens (tertiary/aromatic N) is 2. The topological polar surface area (TPSA) is 74.5 Å². The maximum atomic E-state index is 13.3. The number of halogens is 1. The summed E-state index contributed by atoms with van der Waals surface area (Å²) in [7, 11) is 0. The second-order valence-electron chi connectivity index (χ2n) is 9.48. The van der Waals surface area contributed by atoms with Crippen molar-refractivity contribution in [3.8, 4) is 17.2 Å². The molecule has 2 unspecified atom stereocenters. The van der Waals surface area contributed by atoms with E-state index in [2.05, 4.69) is 30.4 Å². The lowest BCUT2D eigenvalue weighted by molar-refractivity contribution is -0.0384. The largest absolute Gasteiger partial charge is 0.389 e. The van der Waals surface area contributed by atoms with Crippen molar-refractivity contribution < 1.29 is 14.0 Å². The van der Waals surface area contributed by atoms with Crippen LogP contribution in [0.2, 0.25) is 0 Å². The molecule has 178 valence electrons. The molecule has 1 aliphatic rings. The van der Waals surface area contributed by atoms with Crippen LogP contribution < -0.4 is 5.32 Å². The van der Waals surface area contributed by atoms with Gasteiger partial charge in [0.2, 0.25) is 0 Å². The summed E-state index contributed by atoms with van der Waals surface area (Å²) in [5.41, 5.74) is 4.37. The van der Waals surface area contributed by atoms with Gasteiger partial charge in [-0.2, -0.15) is 5.26 Å².